The van der Waals surface area contributed by atoms with E-state index in [0.29, 0.717) is 17.0 Å². The molecule has 0 aliphatic heterocycles. The summed E-state index contributed by atoms with van der Waals surface area (Å²) in [6.45, 7) is 4.73. The molecule has 0 atom stereocenters. The molecule has 1 aromatic carbocycles. The first kappa shape index (κ1) is 13.8. The standard InChI is InChI=1S/C15H17ClN2O/c1-3-12-15(16)13(18(4-2)17-12)10-14(19)11-8-6-5-7-9-11/h5-9H,3-4,10H2,1-2H3. The van der Waals surface area contributed by atoms with Crippen LogP contribution in [0.25, 0.3) is 0 Å². The first-order valence-electron chi connectivity index (χ1n) is 6.49. The number of carbonyl (C=O) groups excluding carboxylic acids is 1. The van der Waals surface area contributed by atoms with Gasteiger partial charge in [-0.15, -0.1) is 0 Å². The minimum Gasteiger partial charge on any atom is -0.294 e. The molecule has 0 radical (unpaired) electrons. The number of aryl methyl sites for hydroxylation is 2. The van der Waals surface area contributed by atoms with Gasteiger partial charge in [0.1, 0.15) is 0 Å². The second-order valence-corrected chi connectivity index (χ2v) is 4.72. The Hall–Kier alpha value is -1.61. The van der Waals surface area contributed by atoms with Gasteiger partial charge in [-0.1, -0.05) is 48.9 Å². The number of halogens is 1. The molecule has 2 rings (SSSR count). The Morgan fingerprint density at radius 3 is 2.53 bits per heavy atom. The van der Waals surface area contributed by atoms with Crippen LogP contribution >= 0.6 is 11.6 Å². The zero-order valence-corrected chi connectivity index (χ0v) is 11.9. The van der Waals surface area contributed by atoms with E-state index in [1.54, 1.807) is 0 Å². The van der Waals surface area contributed by atoms with Gasteiger partial charge >= 0.3 is 0 Å². The van der Waals surface area contributed by atoms with Crippen LogP contribution in [-0.2, 0) is 19.4 Å². The third-order valence-electron chi connectivity index (χ3n) is 3.12. The molecule has 2 aromatic rings. The Labute approximate surface area is 118 Å². The lowest BCUT2D eigenvalue weighted by molar-refractivity contribution is 0.0990. The fourth-order valence-electron chi connectivity index (χ4n) is 2.06. The Kier molecular flexibility index (Phi) is 4.38. The highest BCUT2D eigenvalue weighted by atomic mass is 35.5. The third-order valence-corrected chi connectivity index (χ3v) is 3.55. The highest BCUT2D eigenvalue weighted by Crippen LogP contribution is 2.23. The van der Waals surface area contributed by atoms with E-state index in [1.807, 2.05) is 48.9 Å². The molecule has 100 valence electrons. The molecule has 0 N–H and O–H groups in total. The molecule has 4 heteroatoms. The summed E-state index contributed by atoms with van der Waals surface area (Å²) < 4.78 is 1.82. The average molecular weight is 277 g/mol. The minimum atomic E-state index is 0.0692. The van der Waals surface area contributed by atoms with Crippen LogP contribution in [0.1, 0.15) is 35.6 Å². The molecule has 0 bridgehead atoms. The quantitative estimate of drug-likeness (QED) is 0.783. The van der Waals surface area contributed by atoms with Crippen molar-refractivity contribution in [2.24, 2.45) is 0 Å². The van der Waals surface area contributed by atoms with Crippen LogP contribution in [0, 0.1) is 0 Å². The first-order valence-corrected chi connectivity index (χ1v) is 6.87. The first-order chi connectivity index (χ1) is 9.17. The Morgan fingerprint density at radius 2 is 1.95 bits per heavy atom. The zero-order chi connectivity index (χ0) is 13.8. The van der Waals surface area contributed by atoms with Gasteiger partial charge < -0.3 is 0 Å². The van der Waals surface area contributed by atoms with Crippen LogP contribution in [0.15, 0.2) is 30.3 Å². The van der Waals surface area contributed by atoms with Crippen molar-refractivity contribution in [3.8, 4) is 0 Å². The second-order valence-electron chi connectivity index (χ2n) is 4.34. The fourth-order valence-corrected chi connectivity index (χ4v) is 2.40. The van der Waals surface area contributed by atoms with Gasteiger partial charge in [-0.2, -0.15) is 5.10 Å². The topological polar surface area (TPSA) is 34.9 Å². The Morgan fingerprint density at radius 1 is 1.26 bits per heavy atom. The summed E-state index contributed by atoms with van der Waals surface area (Å²) in [6.07, 6.45) is 1.07. The molecule has 0 unspecified atom stereocenters. The number of rotatable bonds is 5. The van der Waals surface area contributed by atoms with Crippen LogP contribution in [0.2, 0.25) is 5.02 Å². The molecule has 1 aromatic heterocycles. The summed E-state index contributed by atoms with van der Waals surface area (Å²) in [5, 5.41) is 5.06. The van der Waals surface area contributed by atoms with Crippen LogP contribution in [-0.4, -0.2) is 15.6 Å². The number of Topliss-reactive ketones (excluding diaryl/α,β-unsaturated/α-hetero) is 1. The molecule has 0 spiro atoms. The summed E-state index contributed by atoms with van der Waals surface area (Å²) in [5.74, 6) is 0.0692. The van der Waals surface area contributed by atoms with Crippen molar-refractivity contribution in [3.63, 3.8) is 0 Å². The highest BCUT2D eigenvalue weighted by Gasteiger charge is 2.17. The molecule has 19 heavy (non-hydrogen) atoms. The van der Waals surface area contributed by atoms with Gasteiger partial charge in [0.2, 0.25) is 0 Å². The van der Waals surface area contributed by atoms with Gasteiger partial charge in [0.05, 0.1) is 22.8 Å². The van der Waals surface area contributed by atoms with Crippen molar-refractivity contribution in [3.05, 3.63) is 52.3 Å². The van der Waals surface area contributed by atoms with Gasteiger partial charge in [0.25, 0.3) is 0 Å². The lowest BCUT2D eigenvalue weighted by Gasteiger charge is -2.05. The minimum absolute atomic E-state index is 0.0692. The van der Waals surface area contributed by atoms with Crippen LogP contribution < -0.4 is 0 Å². The molecule has 0 aliphatic rings. The summed E-state index contributed by atoms with van der Waals surface area (Å²) >= 11 is 6.30. The molecule has 3 nitrogen and oxygen atoms in total. The van der Waals surface area contributed by atoms with Crippen molar-refractivity contribution in [2.45, 2.75) is 33.2 Å². The van der Waals surface area contributed by atoms with E-state index in [1.165, 1.54) is 0 Å². The van der Waals surface area contributed by atoms with Crippen LogP contribution in [0.5, 0.6) is 0 Å². The van der Waals surface area contributed by atoms with Gasteiger partial charge in [0, 0.05) is 12.1 Å². The van der Waals surface area contributed by atoms with E-state index in [4.69, 9.17) is 11.6 Å². The monoisotopic (exact) mass is 276 g/mol. The smallest absolute Gasteiger partial charge is 0.168 e. The maximum absolute atomic E-state index is 12.2. The Balaban J connectivity index is 2.28. The SMILES string of the molecule is CCc1nn(CC)c(CC(=O)c2ccccc2)c1Cl. The fraction of sp³-hybridized carbons (Fsp3) is 0.333. The Bertz CT molecular complexity index is 575. The lowest BCUT2D eigenvalue weighted by atomic mass is 10.1. The molecular formula is C15H17ClN2O. The molecule has 0 fully saturated rings. The number of nitrogens with zero attached hydrogens (tertiary/aromatic N) is 2. The molecule has 0 saturated heterocycles. The maximum Gasteiger partial charge on any atom is 0.168 e. The molecule has 1 heterocycles. The predicted molar refractivity (Wildman–Crippen MR) is 76.8 cm³/mol. The number of hydrogen-bond donors (Lipinski definition) is 0. The third kappa shape index (κ3) is 2.87. The van der Waals surface area contributed by atoms with Gasteiger partial charge in [-0.25, -0.2) is 0 Å². The van der Waals surface area contributed by atoms with Crippen LogP contribution in [0.4, 0.5) is 0 Å². The number of carbonyl (C=O) groups is 1. The number of hydrogen-bond acceptors (Lipinski definition) is 2. The van der Waals surface area contributed by atoms with E-state index in [2.05, 4.69) is 5.10 Å². The maximum atomic E-state index is 12.2. The number of benzene rings is 1. The van der Waals surface area contributed by atoms with E-state index < -0.39 is 0 Å². The van der Waals surface area contributed by atoms with Crippen molar-refractivity contribution in [1.82, 2.24) is 9.78 Å². The molecular weight excluding hydrogens is 260 g/mol. The molecule has 0 saturated carbocycles. The van der Waals surface area contributed by atoms with E-state index in [9.17, 15) is 4.79 Å². The summed E-state index contributed by atoms with van der Waals surface area (Å²) in [6, 6.07) is 9.27. The van der Waals surface area contributed by atoms with E-state index in [-0.39, 0.29) is 5.78 Å². The van der Waals surface area contributed by atoms with E-state index in [0.717, 1.165) is 24.4 Å². The van der Waals surface area contributed by atoms with Crippen molar-refractivity contribution in [2.75, 3.05) is 0 Å². The zero-order valence-electron chi connectivity index (χ0n) is 11.2. The van der Waals surface area contributed by atoms with Gasteiger partial charge in [0.15, 0.2) is 5.78 Å². The van der Waals surface area contributed by atoms with Crippen molar-refractivity contribution >= 4 is 17.4 Å². The number of ketones is 1. The highest BCUT2D eigenvalue weighted by molar-refractivity contribution is 6.32. The average Bonchev–Trinajstić information content (AvgIpc) is 2.76. The van der Waals surface area contributed by atoms with Crippen LogP contribution in [0.3, 0.4) is 0 Å². The van der Waals surface area contributed by atoms with Crippen molar-refractivity contribution < 1.29 is 4.79 Å². The summed E-state index contributed by atoms with van der Waals surface area (Å²) in [4.78, 5) is 12.2. The van der Waals surface area contributed by atoms with Gasteiger partial charge in [-0.3, -0.25) is 9.48 Å². The summed E-state index contributed by atoms with van der Waals surface area (Å²) in [5.41, 5.74) is 2.38. The normalized spacial score (nSPS) is 10.7. The van der Waals surface area contributed by atoms with Crippen molar-refractivity contribution in [1.29, 1.82) is 0 Å². The molecule has 0 aliphatic carbocycles. The lowest BCUT2D eigenvalue weighted by Crippen LogP contribution is -2.10. The number of aromatic nitrogens is 2. The van der Waals surface area contributed by atoms with Gasteiger partial charge in [-0.05, 0) is 13.3 Å². The predicted octanol–water partition coefficient (Wildman–Crippen LogP) is 3.54. The largest absolute Gasteiger partial charge is 0.294 e. The summed E-state index contributed by atoms with van der Waals surface area (Å²) in [7, 11) is 0. The van der Waals surface area contributed by atoms with E-state index >= 15 is 0 Å². The molecule has 0 amide bonds. The second kappa shape index (κ2) is 6.02.